The van der Waals surface area contributed by atoms with E-state index in [1.54, 1.807) is 0 Å². The van der Waals surface area contributed by atoms with Gasteiger partial charge < -0.3 is 10.1 Å². The van der Waals surface area contributed by atoms with E-state index in [2.05, 4.69) is 23.9 Å². The molecule has 1 heterocycles. The second-order valence-electron chi connectivity index (χ2n) is 5.23. The average Bonchev–Trinajstić information content (AvgIpc) is 2.87. The molecule has 0 aromatic carbocycles. The topological polar surface area (TPSA) is 70.7 Å². The van der Waals surface area contributed by atoms with E-state index < -0.39 is 6.09 Å². The predicted molar refractivity (Wildman–Crippen MR) is 97.4 cm³/mol. The minimum atomic E-state index is -0.588. The van der Waals surface area contributed by atoms with Crippen LogP contribution in [-0.4, -0.2) is 43.3 Å². The number of nitrogens with one attached hydrogen (secondary N) is 2. The van der Waals surface area contributed by atoms with Crippen LogP contribution in [0, 0.1) is 0 Å². The van der Waals surface area contributed by atoms with Crippen LogP contribution >= 0.6 is 0 Å². The Labute approximate surface area is 145 Å². The quantitative estimate of drug-likeness (QED) is 0.577. The lowest BCUT2D eigenvalue weighted by atomic mass is 10.2. The van der Waals surface area contributed by atoms with Crippen LogP contribution in [0.1, 0.15) is 39.5 Å². The summed E-state index contributed by atoms with van der Waals surface area (Å²) in [6, 6.07) is 0. The van der Waals surface area contributed by atoms with Gasteiger partial charge in [-0.05, 0) is 32.3 Å². The summed E-state index contributed by atoms with van der Waals surface area (Å²) in [5.74, 6) is -0.224. The highest BCUT2D eigenvalue weighted by Crippen LogP contribution is 2.07. The fourth-order valence-corrected chi connectivity index (χ4v) is 2.19. The summed E-state index contributed by atoms with van der Waals surface area (Å²) in [7, 11) is 0. The van der Waals surface area contributed by atoms with Crippen molar-refractivity contribution < 1.29 is 14.3 Å². The van der Waals surface area contributed by atoms with Crippen molar-refractivity contribution in [2.75, 3.05) is 26.2 Å². The molecule has 0 radical (unpaired) electrons. The minimum Gasteiger partial charge on any atom is -0.445 e. The van der Waals surface area contributed by atoms with Gasteiger partial charge in [0.05, 0.1) is 0 Å². The third-order valence-electron chi connectivity index (χ3n) is 3.40. The van der Waals surface area contributed by atoms with Gasteiger partial charge in [-0.3, -0.25) is 10.2 Å². The number of amides is 2. The van der Waals surface area contributed by atoms with Gasteiger partial charge in [-0.25, -0.2) is 9.80 Å². The van der Waals surface area contributed by atoms with Crippen molar-refractivity contribution in [1.82, 2.24) is 15.8 Å². The molecule has 0 unspecified atom stereocenters. The van der Waals surface area contributed by atoms with Gasteiger partial charge in [0.2, 0.25) is 0 Å². The van der Waals surface area contributed by atoms with Crippen molar-refractivity contribution >= 4 is 12.0 Å². The molecule has 1 saturated heterocycles. The third kappa shape index (κ3) is 10.6. The first-order valence-electron chi connectivity index (χ1n) is 8.38. The minimum absolute atomic E-state index is 0.0792. The Hall–Kier alpha value is -2.08. The Bertz CT molecular complexity index is 425. The smallest absolute Gasteiger partial charge is 0.407 e. The van der Waals surface area contributed by atoms with E-state index in [0.29, 0.717) is 0 Å². The summed E-state index contributed by atoms with van der Waals surface area (Å²) in [6.45, 7) is 11.6. The lowest BCUT2D eigenvalue weighted by molar-refractivity contribution is -0.125. The van der Waals surface area contributed by atoms with Crippen LogP contribution in [0.3, 0.4) is 0 Å². The Kier molecular flexibility index (Phi) is 13.3. The number of carbonyl (C=O) groups excluding carboxylic acids is 2. The lowest BCUT2D eigenvalue weighted by Crippen LogP contribution is -2.47. The number of hydrogen-bond acceptors (Lipinski definition) is 4. The number of hydrazine groups is 1. The fourth-order valence-electron chi connectivity index (χ4n) is 2.19. The first-order chi connectivity index (χ1) is 11.7. The van der Waals surface area contributed by atoms with Crippen molar-refractivity contribution in [2.24, 2.45) is 0 Å². The van der Waals surface area contributed by atoms with Crippen LogP contribution < -0.4 is 10.7 Å². The van der Waals surface area contributed by atoms with Gasteiger partial charge in [-0.2, -0.15) is 0 Å². The number of rotatable bonds is 6. The molecule has 2 amide bonds. The average molecular weight is 337 g/mol. The SMILES string of the molecule is C/C=C\C(=C/C)COC(=O)NCC(=O)NN1CCCCCC1.C=C. The second kappa shape index (κ2) is 14.5. The van der Waals surface area contributed by atoms with E-state index in [0.717, 1.165) is 31.5 Å². The molecule has 0 aromatic rings. The monoisotopic (exact) mass is 337 g/mol. The molecule has 0 aromatic heterocycles. The van der Waals surface area contributed by atoms with Crippen LogP contribution in [0.15, 0.2) is 37.0 Å². The number of ether oxygens (including phenoxy) is 1. The van der Waals surface area contributed by atoms with E-state index in [-0.39, 0.29) is 19.1 Å². The normalized spacial score (nSPS) is 15.8. The predicted octanol–water partition coefficient (Wildman–Crippen LogP) is 2.94. The van der Waals surface area contributed by atoms with Crippen LogP contribution in [-0.2, 0) is 9.53 Å². The highest BCUT2D eigenvalue weighted by molar-refractivity contribution is 5.81. The largest absolute Gasteiger partial charge is 0.445 e. The van der Waals surface area contributed by atoms with Crippen molar-refractivity contribution in [2.45, 2.75) is 39.5 Å². The van der Waals surface area contributed by atoms with Crippen LogP contribution in [0.25, 0.3) is 0 Å². The Morgan fingerprint density at radius 1 is 1.12 bits per heavy atom. The number of allylic oxidation sites excluding steroid dienone is 2. The molecule has 24 heavy (non-hydrogen) atoms. The molecule has 2 N–H and O–H groups in total. The van der Waals surface area contributed by atoms with E-state index in [9.17, 15) is 9.59 Å². The van der Waals surface area contributed by atoms with E-state index in [1.807, 2.05) is 37.1 Å². The van der Waals surface area contributed by atoms with Gasteiger partial charge in [0.15, 0.2) is 0 Å². The number of nitrogens with zero attached hydrogens (tertiary/aromatic N) is 1. The molecule has 136 valence electrons. The van der Waals surface area contributed by atoms with Gasteiger partial charge in [-0.15, -0.1) is 13.2 Å². The highest BCUT2D eigenvalue weighted by Gasteiger charge is 2.12. The van der Waals surface area contributed by atoms with E-state index in [1.165, 1.54) is 12.8 Å². The molecule has 0 bridgehead atoms. The molecule has 6 nitrogen and oxygen atoms in total. The zero-order valence-electron chi connectivity index (χ0n) is 15.0. The number of carbonyl (C=O) groups is 2. The molecular weight excluding hydrogens is 306 g/mol. The maximum absolute atomic E-state index is 11.8. The Morgan fingerprint density at radius 2 is 1.75 bits per heavy atom. The molecule has 1 aliphatic rings. The molecule has 1 rings (SSSR count). The Morgan fingerprint density at radius 3 is 2.29 bits per heavy atom. The molecule has 1 aliphatic heterocycles. The standard InChI is InChI=1S/C16H27N3O3.C2H4/c1-3-9-14(4-2)13-22-16(21)17-12-15(20)18-19-10-7-5-6-8-11-19;1-2/h3-4,9H,5-8,10-13H2,1-2H3,(H,17,21)(H,18,20);1-2H2/b9-3-,14-4+;. The summed E-state index contributed by atoms with van der Waals surface area (Å²) in [6.07, 6.45) is 9.63. The number of alkyl carbamates (subject to hydrolysis) is 1. The summed E-state index contributed by atoms with van der Waals surface area (Å²) in [5.41, 5.74) is 3.72. The molecular formula is C18H31N3O3. The van der Waals surface area contributed by atoms with Gasteiger partial charge >= 0.3 is 6.09 Å². The summed E-state index contributed by atoms with van der Waals surface area (Å²) < 4.78 is 5.04. The molecule has 6 heteroatoms. The molecule has 0 atom stereocenters. The highest BCUT2D eigenvalue weighted by atomic mass is 16.5. The van der Waals surface area contributed by atoms with Crippen LogP contribution in [0.2, 0.25) is 0 Å². The maximum atomic E-state index is 11.8. The second-order valence-corrected chi connectivity index (χ2v) is 5.23. The third-order valence-corrected chi connectivity index (χ3v) is 3.40. The van der Waals surface area contributed by atoms with Gasteiger partial charge in [0.1, 0.15) is 13.2 Å². The lowest BCUT2D eigenvalue weighted by Gasteiger charge is -2.20. The van der Waals surface area contributed by atoms with Crippen molar-refractivity contribution in [1.29, 1.82) is 0 Å². The molecule has 0 spiro atoms. The van der Waals surface area contributed by atoms with Crippen molar-refractivity contribution in [3.8, 4) is 0 Å². The maximum Gasteiger partial charge on any atom is 0.407 e. The zero-order chi connectivity index (χ0) is 18.2. The molecule has 1 fully saturated rings. The van der Waals surface area contributed by atoms with E-state index >= 15 is 0 Å². The van der Waals surface area contributed by atoms with Crippen molar-refractivity contribution in [3.63, 3.8) is 0 Å². The van der Waals surface area contributed by atoms with Crippen LogP contribution in [0.5, 0.6) is 0 Å². The fraction of sp³-hybridized carbons (Fsp3) is 0.556. The zero-order valence-corrected chi connectivity index (χ0v) is 15.0. The Balaban J connectivity index is 0.00000254. The summed E-state index contributed by atoms with van der Waals surface area (Å²) >= 11 is 0. The summed E-state index contributed by atoms with van der Waals surface area (Å²) in [5, 5.41) is 4.38. The first-order valence-corrected chi connectivity index (χ1v) is 8.38. The first kappa shape index (κ1) is 21.9. The van der Waals surface area contributed by atoms with Crippen molar-refractivity contribution in [3.05, 3.63) is 37.0 Å². The van der Waals surface area contributed by atoms with Gasteiger partial charge in [0, 0.05) is 13.1 Å². The van der Waals surface area contributed by atoms with Crippen LogP contribution in [0.4, 0.5) is 4.79 Å². The number of hydrogen-bond donors (Lipinski definition) is 2. The summed E-state index contributed by atoms with van der Waals surface area (Å²) in [4.78, 5) is 23.3. The molecule has 0 saturated carbocycles. The van der Waals surface area contributed by atoms with Gasteiger partial charge in [-0.1, -0.05) is 31.1 Å². The molecule has 0 aliphatic carbocycles. The van der Waals surface area contributed by atoms with Gasteiger partial charge in [0.25, 0.3) is 5.91 Å². The van der Waals surface area contributed by atoms with E-state index in [4.69, 9.17) is 4.74 Å².